The molecule has 0 unspecified atom stereocenters. The highest BCUT2D eigenvalue weighted by Crippen LogP contribution is 2.40. The second-order valence-electron chi connectivity index (χ2n) is 9.10. The molecule has 5 aromatic rings. The summed E-state index contributed by atoms with van der Waals surface area (Å²) in [6.07, 6.45) is 5.41. The van der Waals surface area contributed by atoms with Crippen molar-refractivity contribution >= 4 is 73.9 Å². The van der Waals surface area contributed by atoms with Gasteiger partial charge < -0.3 is 15.0 Å². The molecule has 1 aliphatic rings. The van der Waals surface area contributed by atoms with Crippen LogP contribution in [0.5, 0.6) is 11.5 Å². The lowest BCUT2D eigenvalue weighted by Gasteiger charge is -2.30. The Morgan fingerprint density at radius 1 is 1.12 bits per heavy atom. The zero-order valence-corrected chi connectivity index (χ0v) is 24.6. The van der Waals surface area contributed by atoms with Gasteiger partial charge in [0.25, 0.3) is 0 Å². The van der Waals surface area contributed by atoms with E-state index < -0.39 is 0 Å². The molecule has 0 bridgehead atoms. The summed E-state index contributed by atoms with van der Waals surface area (Å²) in [5.41, 5.74) is 1.99. The molecule has 12 heteroatoms. The van der Waals surface area contributed by atoms with E-state index in [0.29, 0.717) is 28.4 Å². The van der Waals surface area contributed by atoms with E-state index >= 15 is 0 Å². The lowest BCUT2D eigenvalue weighted by molar-refractivity contribution is -0.129. The average molecular weight is 614 g/mol. The summed E-state index contributed by atoms with van der Waals surface area (Å²) in [6, 6.07) is 11.8. The van der Waals surface area contributed by atoms with Crippen LogP contribution >= 0.6 is 46.8 Å². The van der Waals surface area contributed by atoms with E-state index in [4.69, 9.17) is 9.72 Å². The quantitative estimate of drug-likeness (QED) is 0.198. The number of carbonyl (C=O) groups excluding carboxylic acids is 1. The van der Waals surface area contributed by atoms with E-state index in [-0.39, 0.29) is 24.1 Å². The number of thiophene rings is 1. The number of aromatic nitrogens is 3. The van der Waals surface area contributed by atoms with E-state index in [2.05, 4.69) is 20.7 Å². The lowest BCUT2D eigenvalue weighted by Crippen LogP contribution is -2.36. The van der Waals surface area contributed by atoms with E-state index in [1.54, 1.807) is 54.5 Å². The van der Waals surface area contributed by atoms with Crippen LogP contribution in [-0.4, -0.2) is 38.8 Å². The van der Waals surface area contributed by atoms with Crippen molar-refractivity contribution in [2.75, 3.05) is 18.4 Å². The van der Waals surface area contributed by atoms with Crippen LogP contribution in [0.25, 0.3) is 10.2 Å². The molecule has 40 heavy (non-hydrogen) atoms. The Hall–Kier alpha value is -3.25. The third kappa shape index (κ3) is 6.38. The van der Waals surface area contributed by atoms with E-state index in [1.807, 2.05) is 28.5 Å². The highest BCUT2D eigenvalue weighted by atomic mass is 35.5. The molecule has 6 rings (SSSR count). The fraction of sp³-hybridized carbons (Fsp3) is 0.214. The van der Waals surface area contributed by atoms with Crippen LogP contribution in [0, 0.1) is 5.82 Å². The highest BCUT2D eigenvalue weighted by molar-refractivity contribution is 7.99. The van der Waals surface area contributed by atoms with Gasteiger partial charge in [-0.05, 0) is 54.6 Å². The molecule has 0 atom stereocenters. The largest absolute Gasteiger partial charge is 0.453 e. The van der Waals surface area contributed by atoms with Crippen molar-refractivity contribution in [3.63, 3.8) is 0 Å². The number of carbonyl (C=O) groups is 1. The normalized spacial score (nSPS) is 13.7. The summed E-state index contributed by atoms with van der Waals surface area (Å²) >= 11 is 4.75. The fourth-order valence-corrected chi connectivity index (χ4v) is 7.13. The number of piperidine rings is 1. The Balaban J connectivity index is 0.00000323. The van der Waals surface area contributed by atoms with Gasteiger partial charge in [0.05, 0.1) is 15.9 Å². The van der Waals surface area contributed by atoms with Crippen LogP contribution in [0.4, 0.5) is 15.3 Å². The molecule has 1 amide bonds. The maximum absolute atomic E-state index is 13.5. The number of thiazole rings is 1. The Morgan fingerprint density at radius 3 is 2.70 bits per heavy atom. The van der Waals surface area contributed by atoms with Crippen LogP contribution in [0.2, 0.25) is 0 Å². The molecule has 1 N–H and O–H groups in total. The molecule has 1 saturated heterocycles. The monoisotopic (exact) mass is 613 g/mol. The second-order valence-corrected chi connectivity index (χ2v) is 12.0. The predicted octanol–water partition coefficient (Wildman–Crippen LogP) is 8.12. The van der Waals surface area contributed by atoms with Crippen LogP contribution in [0.3, 0.4) is 0 Å². The van der Waals surface area contributed by atoms with Gasteiger partial charge in [-0.2, -0.15) is 0 Å². The standard InChI is InChI=1S/C28H24FN5O2S3.ClH/c1-17(35)34-11-7-18(8-12-34)23-16-38-28(32-23)33-27-24(36-20-4-2-19(29)3-5-20)14-21(15-31-27)39-25-6-10-30-22-9-13-37-26(22)25;/h2-6,9-10,13-16,18H,7-8,11-12H2,1H3,(H,31,32,33);1H. The van der Waals surface area contributed by atoms with Gasteiger partial charge in [-0.1, -0.05) is 11.8 Å². The number of rotatable bonds is 7. The molecule has 206 valence electrons. The Kier molecular flexibility index (Phi) is 8.84. The Morgan fingerprint density at radius 2 is 1.93 bits per heavy atom. The van der Waals surface area contributed by atoms with Crippen LogP contribution in [0.1, 0.15) is 31.4 Å². The molecule has 0 aliphatic carbocycles. The first-order valence-corrected chi connectivity index (χ1v) is 15.0. The van der Waals surface area contributed by atoms with Gasteiger partial charge >= 0.3 is 0 Å². The summed E-state index contributed by atoms with van der Waals surface area (Å²) in [5, 5.41) is 8.14. The fourth-order valence-electron chi connectivity index (χ4n) is 4.46. The van der Waals surface area contributed by atoms with Crippen LogP contribution < -0.4 is 10.1 Å². The number of likely N-dealkylation sites (tertiary alicyclic amines) is 1. The molecule has 0 saturated carbocycles. The van der Waals surface area contributed by atoms with Crippen molar-refractivity contribution in [1.82, 2.24) is 19.9 Å². The van der Waals surface area contributed by atoms with Crippen molar-refractivity contribution in [3.05, 3.63) is 77.1 Å². The molecule has 1 fully saturated rings. The minimum atomic E-state index is -0.328. The second kappa shape index (κ2) is 12.5. The highest BCUT2D eigenvalue weighted by Gasteiger charge is 2.24. The number of halogens is 2. The summed E-state index contributed by atoms with van der Waals surface area (Å²) in [5.74, 6) is 1.65. The zero-order valence-electron chi connectivity index (χ0n) is 21.4. The maximum atomic E-state index is 13.5. The van der Waals surface area contributed by atoms with Crippen molar-refractivity contribution in [2.24, 2.45) is 0 Å². The van der Waals surface area contributed by atoms with Gasteiger partial charge in [0, 0.05) is 59.6 Å². The third-order valence-electron chi connectivity index (χ3n) is 6.51. The number of anilines is 2. The predicted molar refractivity (Wildman–Crippen MR) is 161 cm³/mol. The average Bonchev–Trinajstić information content (AvgIpc) is 3.62. The molecule has 1 aliphatic heterocycles. The molecule has 4 aromatic heterocycles. The minimum Gasteiger partial charge on any atom is -0.453 e. The summed E-state index contributed by atoms with van der Waals surface area (Å²) in [7, 11) is 0. The first-order chi connectivity index (χ1) is 19.0. The first-order valence-electron chi connectivity index (χ1n) is 12.4. The number of pyridine rings is 2. The van der Waals surface area contributed by atoms with Gasteiger partial charge in [-0.15, -0.1) is 35.1 Å². The Labute approximate surface area is 249 Å². The van der Waals surface area contributed by atoms with Crippen LogP contribution in [-0.2, 0) is 4.79 Å². The number of hydrogen-bond acceptors (Lipinski definition) is 9. The lowest BCUT2D eigenvalue weighted by atomic mass is 9.94. The first kappa shape index (κ1) is 28.3. The molecular formula is C28H25ClFN5O2S3. The zero-order chi connectivity index (χ0) is 26.8. The Bertz CT molecular complexity index is 1620. The number of nitrogens with zero attached hydrogens (tertiary/aromatic N) is 4. The van der Waals surface area contributed by atoms with Gasteiger partial charge in [0.2, 0.25) is 5.91 Å². The number of benzene rings is 1. The van der Waals surface area contributed by atoms with Gasteiger partial charge in [-0.3, -0.25) is 9.78 Å². The number of amides is 1. The summed E-state index contributed by atoms with van der Waals surface area (Å²) < 4.78 is 20.8. The molecule has 5 heterocycles. The van der Waals surface area contributed by atoms with Crippen molar-refractivity contribution in [3.8, 4) is 11.5 Å². The number of ether oxygens (including phenoxy) is 1. The molecule has 0 spiro atoms. The molecular weight excluding hydrogens is 589 g/mol. The molecule has 7 nitrogen and oxygen atoms in total. The maximum Gasteiger partial charge on any atom is 0.219 e. The summed E-state index contributed by atoms with van der Waals surface area (Å²) in [6.45, 7) is 3.13. The topological polar surface area (TPSA) is 80.2 Å². The van der Waals surface area contributed by atoms with Gasteiger partial charge in [-0.25, -0.2) is 14.4 Å². The SMILES string of the molecule is CC(=O)N1CCC(c2csc(Nc3ncc(Sc4ccnc5ccsc45)cc3Oc3ccc(F)cc3)n2)CC1.Cl. The smallest absolute Gasteiger partial charge is 0.219 e. The van der Waals surface area contributed by atoms with Crippen molar-refractivity contribution in [1.29, 1.82) is 0 Å². The molecule has 1 aromatic carbocycles. The van der Waals surface area contributed by atoms with Crippen LogP contribution in [0.15, 0.2) is 75.4 Å². The van der Waals surface area contributed by atoms with Gasteiger partial charge in [0.1, 0.15) is 11.6 Å². The molecule has 0 radical (unpaired) electrons. The number of hydrogen-bond donors (Lipinski definition) is 1. The summed E-state index contributed by atoms with van der Waals surface area (Å²) in [4.78, 5) is 29.5. The van der Waals surface area contributed by atoms with E-state index in [0.717, 1.165) is 51.6 Å². The van der Waals surface area contributed by atoms with E-state index in [1.165, 1.54) is 23.5 Å². The third-order valence-corrected chi connectivity index (χ3v) is 9.37. The minimum absolute atomic E-state index is 0. The van der Waals surface area contributed by atoms with Crippen molar-refractivity contribution in [2.45, 2.75) is 35.5 Å². The van der Waals surface area contributed by atoms with Crippen molar-refractivity contribution < 1.29 is 13.9 Å². The number of nitrogens with one attached hydrogen (secondary N) is 1. The number of fused-ring (bicyclic) bond motifs is 1. The van der Waals surface area contributed by atoms with E-state index in [9.17, 15) is 9.18 Å². The van der Waals surface area contributed by atoms with Gasteiger partial charge in [0.15, 0.2) is 16.7 Å².